The van der Waals surface area contributed by atoms with Gasteiger partial charge in [-0.25, -0.2) is 0 Å². The van der Waals surface area contributed by atoms with Crippen molar-refractivity contribution in [2.45, 2.75) is 26.7 Å². The van der Waals surface area contributed by atoms with Crippen molar-refractivity contribution in [3.05, 3.63) is 58.7 Å². The molecule has 0 saturated carbocycles. The van der Waals surface area contributed by atoms with Gasteiger partial charge in [-0.05, 0) is 61.4 Å². The fourth-order valence-corrected chi connectivity index (χ4v) is 3.33. The Bertz CT molecular complexity index is 893. The van der Waals surface area contributed by atoms with Crippen LogP contribution in [0.4, 0.5) is 11.4 Å². The molecule has 0 unspecified atom stereocenters. The van der Waals surface area contributed by atoms with Gasteiger partial charge < -0.3 is 9.80 Å². The van der Waals surface area contributed by atoms with Crippen molar-refractivity contribution in [2.24, 2.45) is 0 Å². The van der Waals surface area contributed by atoms with E-state index in [0.29, 0.717) is 50.1 Å². The molecule has 0 aliphatic rings. The molecule has 6 heteroatoms. The van der Waals surface area contributed by atoms with E-state index in [2.05, 4.69) is 21.9 Å². The highest BCUT2D eigenvalue weighted by molar-refractivity contribution is 5.79. The van der Waals surface area contributed by atoms with Crippen LogP contribution >= 0.6 is 0 Å². The number of carbonyl (C=O) groups is 2. The van der Waals surface area contributed by atoms with Crippen LogP contribution in [-0.4, -0.2) is 38.8 Å². The van der Waals surface area contributed by atoms with Crippen molar-refractivity contribution < 1.29 is 9.59 Å². The molecule has 0 fully saturated rings. The number of benzene rings is 2. The molecule has 0 aliphatic heterocycles. The summed E-state index contributed by atoms with van der Waals surface area (Å²) in [5.74, 6) is 0. The Labute approximate surface area is 177 Å². The van der Waals surface area contributed by atoms with E-state index in [0.717, 1.165) is 35.1 Å². The van der Waals surface area contributed by atoms with Gasteiger partial charge in [0.15, 0.2) is 0 Å². The van der Waals surface area contributed by atoms with Gasteiger partial charge in [-0.2, -0.15) is 10.5 Å². The third-order valence-corrected chi connectivity index (χ3v) is 5.12. The van der Waals surface area contributed by atoms with E-state index in [9.17, 15) is 9.59 Å². The molecular weight excluding hydrogens is 376 g/mol. The average Bonchev–Trinajstić information content (AvgIpc) is 2.75. The van der Waals surface area contributed by atoms with Crippen LogP contribution in [0.5, 0.6) is 0 Å². The van der Waals surface area contributed by atoms with Gasteiger partial charge in [-0.15, -0.1) is 0 Å². The Kier molecular flexibility index (Phi) is 8.59. The van der Waals surface area contributed by atoms with Crippen LogP contribution in [0.1, 0.15) is 44.7 Å². The Morgan fingerprint density at radius 2 is 1.13 bits per heavy atom. The summed E-state index contributed by atoms with van der Waals surface area (Å²) in [6, 6.07) is 15.7. The minimum atomic E-state index is 0.389. The first-order valence-electron chi connectivity index (χ1n) is 9.89. The van der Waals surface area contributed by atoms with E-state index in [1.807, 2.05) is 38.1 Å². The van der Waals surface area contributed by atoms with E-state index in [4.69, 9.17) is 10.5 Å². The zero-order valence-electron chi connectivity index (χ0n) is 17.5. The molecule has 0 radical (unpaired) electrons. The summed E-state index contributed by atoms with van der Waals surface area (Å²) in [5.41, 5.74) is 5.01. The van der Waals surface area contributed by atoms with Crippen molar-refractivity contribution in [1.29, 1.82) is 10.5 Å². The number of anilines is 2. The van der Waals surface area contributed by atoms with Crippen LogP contribution < -0.4 is 9.80 Å². The minimum Gasteiger partial charge on any atom is -0.369 e. The summed E-state index contributed by atoms with van der Waals surface area (Å²) in [5, 5.41) is 18.1. The molecule has 2 rings (SSSR count). The lowest BCUT2D eigenvalue weighted by Crippen LogP contribution is -2.36. The monoisotopic (exact) mass is 402 g/mol. The lowest BCUT2D eigenvalue weighted by Gasteiger charge is -2.30. The highest BCUT2D eigenvalue weighted by atomic mass is 16.1. The summed E-state index contributed by atoms with van der Waals surface area (Å²) in [7, 11) is 0. The smallest absolute Gasteiger partial charge is 0.150 e. The normalized spacial score (nSPS) is 10.0. The first-order valence-corrected chi connectivity index (χ1v) is 9.89. The van der Waals surface area contributed by atoms with Crippen molar-refractivity contribution in [3.63, 3.8) is 0 Å². The van der Waals surface area contributed by atoms with Crippen LogP contribution in [0.15, 0.2) is 36.4 Å². The van der Waals surface area contributed by atoms with Crippen LogP contribution in [0.3, 0.4) is 0 Å². The number of rotatable bonds is 11. The number of aryl methyl sites for hydroxylation is 2. The van der Waals surface area contributed by atoms with Crippen molar-refractivity contribution in [3.8, 4) is 12.1 Å². The molecule has 0 atom stereocenters. The molecule has 0 amide bonds. The number of aldehydes is 2. The predicted octanol–water partition coefficient (Wildman–Crippen LogP) is 4.07. The van der Waals surface area contributed by atoms with Crippen LogP contribution in [-0.2, 0) is 0 Å². The molecule has 154 valence electrons. The first-order chi connectivity index (χ1) is 14.5. The van der Waals surface area contributed by atoms with Crippen LogP contribution in [0.25, 0.3) is 0 Å². The minimum absolute atomic E-state index is 0.389. The molecule has 0 N–H and O–H groups in total. The number of hydrogen-bond donors (Lipinski definition) is 0. The summed E-state index contributed by atoms with van der Waals surface area (Å²) in [6.07, 6.45) is 2.46. The molecule has 6 nitrogen and oxygen atoms in total. The molecule has 0 aliphatic carbocycles. The van der Waals surface area contributed by atoms with Gasteiger partial charge in [0.05, 0.1) is 25.0 Å². The lowest BCUT2D eigenvalue weighted by molar-refractivity contribution is 0.111. The van der Waals surface area contributed by atoms with Gasteiger partial charge >= 0.3 is 0 Å². The molecule has 2 aromatic carbocycles. The number of hydrogen-bond acceptors (Lipinski definition) is 6. The second-order valence-corrected chi connectivity index (χ2v) is 7.11. The maximum Gasteiger partial charge on any atom is 0.150 e. The lowest BCUT2D eigenvalue weighted by atomic mass is 10.1. The van der Waals surface area contributed by atoms with Crippen molar-refractivity contribution >= 4 is 23.9 Å². The van der Waals surface area contributed by atoms with Gasteiger partial charge in [0, 0.05) is 48.7 Å². The van der Waals surface area contributed by atoms with E-state index in [-0.39, 0.29) is 0 Å². The third-order valence-electron chi connectivity index (χ3n) is 5.12. The summed E-state index contributed by atoms with van der Waals surface area (Å²) in [4.78, 5) is 26.5. The largest absolute Gasteiger partial charge is 0.369 e. The maximum absolute atomic E-state index is 11.1. The fourth-order valence-electron chi connectivity index (χ4n) is 3.33. The molecule has 0 heterocycles. The molecule has 30 heavy (non-hydrogen) atoms. The van der Waals surface area contributed by atoms with Gasteiger partial charge in [0.1, 0.15) is 12.6 Å². The Morgan fingerprint density at radius 3 is 1.43 bits per heavy atom. The Morgan fingerprint density at radius 1 is 0.733 bits per heavy atom. The highest BCUT2D eigenvalue weighted by Gasteiger charge is 2.13. The van der Waals surface area contributed by atoms with E-state index < -0.39 is 0 Å². The summed E-state index contributed by atoms with van der Waals surface area (Å²) in [6.45, 7) is 6.25. The van der Waals surface area contributed by atoms with Crippen molar-refractivity contribution in [2.75, 3.05) is 36.0 Å². The first kappa shape index (κ1) is 22.6. The van der Waals surface area contributed by atoms with E-state index in [1.54, 1.807) is 12.1 Å². The maximum atomic E-state index is 11.1. The van der Waals surface area contributed by atoms with E-state index >= 15 is 0 Å². The van der Waals surface area contributed by atoms with Gasteiger partial charge in [0.25, 0.3) is 0 Å². The van der Waals surface area contributed by atoms with Gasteiger partial charge in [0.2, 0.25) is 0 Å². The predicted molar refractivity (Wildman–Crippen MR) is 118 cm³/mol. The molecule has 0 aromatic heterocycles. The van der Waals surface area contributed by atoms with Gasteiger partial charge in [-0.1, -0.05) is 0 Å². The molecule has 0 saturated heterocycles. The third kappa shape index (κ3) is 5.93. The van der Waals surface area contributed by atoms with Crippen LogP contribution in [0, 0.1) is 36.5 Å². The van der Waals surface area contributed by atoms with E-state index in [1.165, 1.54) is 0 Å². The summed E-state index contributed by atoms with van der Waals surface area (Å²) < 4.78 is 0. The van der Waals surface area contributed by atoms with Crippen molar-refractivity contribution in [1.82, 2.24) is 0 Å². The number of nitrogens with zero attached hydrogens (tertiary/aromatic N) is 4. The molecule has 0 spiro atoms. The average molecular weight is 402 g/mol. The number of nitriles is 2. The zero-order valence-corrected chi connectivity index (χ0v) is 17.5. The molecule has 0 bridgehead atoms. The topological polar surface area (TPSA) is 88.2 Å². The zero-order chi connectivity index (χ0) is 21.9. The molecular formula is C24H26N4O2. The second kappa shape index (κ2) is 11.4. The fraction of sp³-hybridized carbons (Fsp3) is 0.333. The Balaban J connectivity index is 2.24. The van der Waals surface area contributed by atoms with Gasteiger partial charge in [-0.3, -0.25) is 9.59 Å². The standard InChI is InChI=1S/C24H26N4O2/c1-19-15-23(7-5-21(19)17-29)27(11-3-9-25)13-14-28(12-4-10-26)24-8-6-22(18-30)20(2)16-24/h5-8,15-18H,3-4,11-14H2,1-2H3. The number of carbonyl (C=O) groups excluding carboxylic acids is 2. The quantitative estimate of drug-likeness (QED) is 0.527. The Hall–Kier alpha value is -3.64. The highest BCUT2D eigenvalue weighted by Crippen LogP contribution is 2.21. The van der Waals surface area contributed by atoms with Crippen LogP contribution in [0.2, 0.25) is 0 Å². The second-order valence-electron chi connectivity index (χ2n) is 7.11. The molecule has 2 aromatic rings. The SMILES string of the molecule is Cc1cc(N(CCC#N)CCN(CCC#N)c2ccc(C=O)c(C)c2)ccc1C=O. The summed E-state index contributed by atoms with van der Waals surface area (Å²) >= 11 is 0.